The van der Waals surface area contributed by atoms with E-state index in [2.05, 4.69) is 62.5 Å². The van der Waals surface area contributed by atoms with Crippen LogP contribution in [0.5, 0.6) is 0 Å². The van der Waals surface area contributed by atoms with Crippen molar-refractivity contribution in [2.24, 2.45) is 0 Å². The second-order valence-electron chi connectivity index (χ2n) is 4.25. The number of hydrogen-bond donors (Lipinski definition) is 1. The van der Waals surface area contributed by atoms with Gasteiger partial charge in [-0.25, -0.2) is 0 Å². The zero-order chi connectivity index (χ0) is 11.1. The Morgan fingerprint density at radius 3 is 2.53 bits per heavy atom. The highest BCUT2D eigenvalue weighted by molar-refractivity contribution is 5.18. The Kier molecular flexibility index (Phi) is 5.13. The lowest BCUT2D eigenvalue weighted by Gasteiger charge is -2.11. The molecule has 1 atom stereocenters. The minimum atomic E-state index is 0.580. The molecule has 1 nitrogen and oxygen atoms in total. The van der Waals surface area contributed by atoms with E-state index in [9.17, 15) is 0 Å². The molecule has 1 heteroatoms. The van der Waals surface area contributed by atoms with Crippen molar-refractivity contribution in [3.8, 4) is 0 Å². The number of hydrogen-bond acceptors (Lipinski definition) is 1. The lowest BCUT2D eigenvalue weighted by molar-refractivity contribution is 0.650. The lowest BCUT2D eigenvalue weighted by atomic mass is 10.0. The highest BCUT2D eigenvalue weighted by atomic mass is 14.8. The van der Waals surface area contributed by atoms with E-state index in [4.69, 9.17) is 0 Å². The molecule has 1 aromatic rings. The van der Waals surface area contributed by atoms with Gasteiger partial charge in [0.2, 0.25) is 0 Å². The highest BCUT2D eigenvalue weighted by Crippen LogP contribution is 2.12. The van der Waals surface area contributed by atoms with Crippen molar-refractivity contribution in [3.05, 3.63) is 47.5 Å². The molecule has 1 unspecified atom stereocenters. The van der Waals surface area contributed by atoms with Crippen molar-refractivity contribution >= 4 is 0 Å². The SMILES string of the molecule is CC(C)=CCNCC(C)c1ccccc1. The van der Waals surface area contributed by atoms with E-state index in [1.807, 2.05) is 0 Å². The summed E-state index contributed by atoms with van der Waals surface area (Å²) in [5.41, 5.74) is 2.78. The molecular weight excluding hydrogens is 182 g/mol. The van der Waals surface area contributed by atoms with E-state index >= 15 is 0 Å². The average molecular weight is 203 g/mol. The Morgan fingerprint density at radius 1 is 1.27 bits per heavy atom. The van der Waals surface area contributed by atoms with Gasteiger partial charge < -0.3 is 5.32 Å². The quantitative estimate of drug-likeness (QED) is 0.571. The lowest BCUT2D eigenvalue weighted by Crippen LogP contribution is -2.20. The van der Waals surface area contributed by atoms with Crippen LogP contribution in [0.15, 0.2) is 42.0 Å². The van der Waals surface area contributed by atoms with Gasteiger partial charge in [-0.2, -0.15) is 0 Å². The first-order chi connectivity index (χ1) is 7.20. The van der Waals surface area contributed by atoms with Crippen LogP contribution in [-0.4, -0.2) is 13.1 Å². The predicted molar refractivity (Wildman–Crippen MR) is 67.2 cm³/mol. The zero-order valence-electron chi connectivity index (χ0n) is 9.96. The Labute approximate surface area is 93.2 Å². The molecule has 1 rings (SSSR count). The largest absolute Gasteiger partial charge is 0.313 e. The van der Waals surface area contributed by atoms with Crippen LogP contribution in [0, 0.1) is 0 Å². The van der Waals surface area contributed by atoms with Crippen molar-refractivity contribution in [3.63, 3.8) is 0 Å². The molecule has 0 saturated carbocycles. The van der Waals surface area contributed by atoms with Crippen LogP contribution in [0.2, 0.25) is 0 Å². The van der Waals surface area contributed by atoms with Gasteiger partial charge >= 0.3 is 0 Å². The standard InChI is InChI=1S/C14H21N/c1-12(2)9-10-15-11-13(3)14-7-5-4-6-8-14/h4-9,13,15H,10-11H2,1-3H3. The number of allylic oxidation sites excluding steroid dienone is 1. The fraction of sp³-hybridized carbons (Fsp3) is 0.429. The molecule has 0 spiro atoms. The summed E-state index contributed by atoms with van der Waals surface area (Å²) in [6, 6.07) is 10.6. The van der Waals surface area contributed by atoms with Gasteiger partial charge in [0, 0.05) is 13.1 Å². The fourth-order valence-electron chi connectivity index (χ4n) is 1.48. The van der Waals surface area contributed by atoms with Gasteiger partial charge in [0.15, 0.2) is 0 Å². The molecule has 0 saturated heterocycles. The summed E-state index contributed by atoms with van der Waals surface area (Å²) < 4.78 is 0. The summed E-state index contributed by atoms with van der Waals surface area (Å²) in [7, 11) is 0. The minimum absolute atomic E-state index is 0.580. The molecule has 0 aliphatic rings. The molecule has 0 aliphatic heterocycles. The number of benzene rings is 1. The summed E-state index contributed by atoms with van der Waals surface area (Å²) in [4.78, 5) is 0. The van der Waals surface area contributed by atoms with Gasteiger partial charge in [-0.05, 0) is 25.3 Å². The van der Waals surface area contributed by atoms with Crippen molar-refractivity contribution < 1.29 is 0 Å². The van der Waals surface area contributed by atoms with Crippen LogP contribution < -0.4 is 5.32 Å². The molecule has 0 amide bonds. The normalized spacial score (nSPS) is 12.2. The van der Waals surface area contributed by atoms with E-state index in [1.165, 1.54) is 11.1 Å². The van der Waals surface area contributed by atoms with E-state index < -0.39 is 0 Å². The predicted octanol–water partition coefficient (Wildman–Crippen LogP) is 3.35. The fourth-order valence-corrected chi connectivity index (χ4v) is 1.48. The van der Waals surface area contributed by atoms with Crippen LogP contribution in [0.1, 0.15) is 32.3 Å². The van der Waals surface area contributed by atoms with Gasteiger partial charge in [-0.3, -0.25) is 0 Å². The summed E-state index contributed by atoms with van der Waals surface area (Å²) in [5, 5.41) is 3.44. The molecule has 15 heavy (non-hydrogen) atoms. The zero-order valence-corrected chi connectivity index (χ0v) is 9.96. The molecular formula is C14H21N. The highest BCUT2D eigenvalue weighted by Gasteiger charge is 2.02. The van der Waals surface area contributed by atoms with Gasteiger partial charge in [0.25, 0.3) is 0 Å². The molecule has 82 valence electrons. The van der Waals surface area contributed by atoms with Crippen LogP contribution in [0.4, 0.5) is 0 Å². The Morgan fingerprint density at radius 2 is 1.93 bits per heavy atom. The number of nitrogens with one attached hydrogen (secondary N) is 1. The maximum absolute atomic E-state index is 3.44. The first-order valence-electron chi connectivity index (χ1n) is 5.59. The molecule has 1 N–H and O–H groups in total. The van der Waals surface area contributed by atoms with Crippen LogP contribution in [0.3, 0.4) is 0 Å². The minimum Gasteiger partial charge on any atom is -0.313 e. The van der Waals surface area contributed by atoms with Gasteiger partial charge in [-0.15, -0.1) is 0 Å². The average Bonchev–Trinajstić information content (AvgIpc) is 2.25. The third kappa shape index (κ3) is 4.80. The summed E-state index contributed by atoms with van der Waals surface area (Å²) in [5.74, 6) is 0.580. The van der Waals surface area contributed by atoms with Crippen molar-refractivity contribution in [2.75, 3.05) is 13.1 Å². The molecule has 0 heterocycles. The molecule has 0 fully saturated rings. The molecule has 0 radical (unpaired) electrons. The summed E-state index contributed by atoms with van der Waals surface area (Å²) in [6.45, 7) is 8.52. The molecule has 1 aromatic carbocycles. The molecule has 0 aliphatic carbocycles. The van der Waals surface area contributed by atoms with E-state index in [0.29, 0.717) is 5.92 Å². The van der Waals surface area contributed by atoms with Gasteiger partial charge in [0.05, 0.1) is 0 Å². The maximum atomic E-state index is 3.44. The van der Waals surface area contributed by atoms with Crippen molar-refractivity contribution in [1.82, 2.24) is 5.32 Å². The monoisotopic (exact) mass is 203 g/mol. The molecule has 0 aromatic heterocycles. The third-order valence-electron chi connectivity index (χ3n) is 2.47. The second-order valence-corrected chi connectivity index (χ2v) is 4.25. The first kappa shape index (κ1) is 12.0. The van der Waals surface area contributed by atoms with Crippen LogP contribution in [0.25, 0.3) is 0 Å². The molecule has 0 bridgehead atoms. The topological polar surface area (TPSA) is 12.0 Å². The first-order valence-corrected chi connectivity index (χ1v) is 5.59. The Bertz CT molecular complexity index is 296. The van der Waals surface area contributed by atoms with Crippen LogP contribution in [-0.2, 0) is 0 Å². The number of rotatable bonds is 5. The van der Waals surface area contributed by atoms with Crippen LogP contribution >= 0.6 is 0 Å². The Balaban J connectivity index is 2.31. The smallest absolute Gasteiger partial charge is 0.0137 e. The maximum Gasteiger partial charge on any atom is 0.0137 e. The Hall–Kier alpha value is -1.08. The second kappa shape index (κ2) is 6.41. The third-order valence-corrected chi connectivity index (χ3v) is 2.47. The van der Waals surface area contributed by atoms with Crippen molar-refractivity contribution in [2.45, 2.75) is 26.7 Å². The van der Waals surface area contributed by atoms with E-state index in [0.717, 1.165) is 13.1 Å². The van der Waals surface area contributed by atoms with E-state index in [-0.39, 0.29) is 0 Å². The summed E-state index contributed by atoms with van der Waals surface area (Å²) in [6.07, 6.45) is 2.22. The van der Waals surface area contributed by atoms with Gasteiger partial charge in [-0.1, -0.05) is 48.9 Å². The van der Waals surface area contributed by atoms with E-state index in [1.54, 1.807) is 0 Å². The van der Waals surface area contributed by atoms with Gasteiger partial charge in [0.1, 0.15) is 0 Å². The van der Waals surface area contributed by atoms with Crippen molar-refractivity contribution in [1.29, 1.82) is 0 Å². The summed E-state index contributed by atoms with van der Waals surface area (Å²) >= 11 is 0.